The number of anilines is 2. The van der Waals surface area contributed by atoms with Gasteiger partial charge >= 0.3 is 0 Å². The third-order valence-corrected chi connectivity index (χ3v) is 5.96. The predicted molar refractivity (Wildman–Crippen MR) is 121 cm³/mol. The number of nitrogens with one attached hydrogen (secondary N) is 1. The topological polar surface area (TPSA) is 48.5 Å². The number of piperazine rings is 1. The van der Waals surface area contributed by atoms with Crippen molar-refractivity contribution in [2.75, 3.05) is 42.9 Å². The van der Waals surface area contributed by atoms with E-state index in [0.29, 0.717) is 11.7 Å². The lowest BCUT2D eigenvalue weighted by Gasteiger charge is -2.35. The summed E-state index contributed by atoms with van der Waals surface area (Å²) in [5.41, 5.74) is 5.73. The first-order chi connectivity index (χ1) is 14.1. The minimum Gasteiger partial charge on any atom is -0.369 e. The third kappa shape index (κ3) is 5.02. The summed E-state index contributed by atoms with van der Waals surface area (Å²) in [7, 11) is 0. The van der Waals surface area contributed by atoms with Gasteiger partial charge in [-0.1, -0.05) is 42.0 Å². The van der Waals surface area contributed by atoms with E-state index in [1.54, 1.807) is 0 Å². The summed E-state index contributed by atoms with van der Waals surface area (Å²) in [5.74, 6) is -0.00110. The number of benzene rings is 2. The molecule has 0 saturated carbocycles. The molecule has 1 aromatic heterocycles. The van der Waals surface area contributed by atoms with Gasteiger partial charge in [-0.2, -0.15) is 0 Å². The number of carbonyl (C=O) groups excluding carboxylic acids is 1. The van der Waals surface area contributed by atoms with Crippen molar-refractivity contribution in [2.45, 2.75) is 13.8 Å². The van der Waals surface area contributed by atoms with Crippen LogP contribution in [0.2, 0.25) is 0 Å². The van der Waals surface area contributed by atoms with Crippen molar-refractivity contribution in [3.63, 3.8) is 0 Å². The standard InChI is InChI=1S/C23H26N4OS/c1-17-6-8-19(9-7-17)21-16-29-23(24-21)25-22(28)15-26-10-12-27(13-11-26)20-5-3-4-18(2)14-20/h3-9,14,16H,10-13,15H2,1-2H3,(H,24,25,28). The van der Waals surface area contributed by atoms with Crippen LogP contribution in [-0.2, 0) is 4.79 Å². The van der Waals surface area contributed by atoms with Crippen LogP contribution in [0, 0.1) is 13.8 Å². The summed E-state index contributed by atoms with van der Waals surface area (Å²) < 4.78 is 0. The Hall–Kier alpha value is -2.70. The molecule has 0 spiro atoms. The quantitative estimate of drug-likeness (QED) is 0.690. The third-order valence-electron chi connectivity index (χ3n) is 5.20. The highest BCUT2D eigenvalue weighted by Crippen LogP contribution is 2.25. The van der Waals surface area contributed by atoms with Crippen molar-refractivity contribution in [1.29, 1.82) is 0 Å². The summed E-state index contributed by atoms with van der Waals surface area (Å²) in [6.45, 7) is 8.23. The molecule has 5 nitrogen and oxygen atoms in total. The van der Waals surface area contributed by atoms with Gasteiger partial charge in [-0.15, -0.1) is 11.3 Å². The average Bonchev–Trinajstić information content (AvgIpc) is 3.17. The molecular weight excluding hydrogens is 380 g/mol. The first-order valence-corrected chi connectivity index (χ1v) is 10.8. The largest absolute Gasteiger partial charge is 0.369 e. The van der Waals surface area contributed by atoms with Crippen molar-refractivity contribution >= 4 is 28.1 Å². The summed E-state index contributed by atoms with van der Waals surface area (Å²) in [6.07, 6.45) is 0. The highest BCUT2D eigenvalue weighted by atomic mass is 32.1. The molecule has 4 rings (SSSR count). The first-order valence-electron chi connectivity index (χ1n) is 9.93. The second-order valence-corrected chi connectivity index (χ2v) is 8.41. The Bertz CT molecular complexity index is 975. The van der Waals surface area contributed by atoms with Crippen molar-refractivity contribution in [3.8, 4) is 11.3 Å². The van der Waals surface area contributed by atoms with Crippen LogP contribution in [0.3, 0.4) is 0 Å². The molecule has 0 bridgehead atoms. The lowest BCUT2D eigenvalue weighted by molar-refractivity contribution is -0.117. The molecule has 0 unspecified atom stereocenters. The van der Waals surface area contributed by atoms with E-state index in [9.17, 15) is 4.79 Å². The smallest absolute Gasteiger partial charge is 0.240 e. The number of aromatic nitrogens is 1. The van der Waals surface area contributed by atoms with Gasteiger partial charge in [0.05, 0.1) is 12.2 Å². The van der Waals surface area contributed by atoms with Crippen LogP contribution >= 0.6 is 11.3 Å². The molecule has 2 aromatic carbocycles. The van der Waals surface area contributed by atoms with Crippen LogP contribution in [0.25, 0.3) is 11.3 Å². The van der Waals surface area contributed by atoms with E-state index in [2.05, 4.69) is 82.5 Å². The van der Waals surface area contributed by atoms with Crippen LogP contribution in [0.1, 0.15) is 11.1 Å². The van der Waals surface area contributed by atoms with Gasteiger partial charge in [0.2, 0.25) is 5.91 Å². The van der Waals surface area contributed by atoms with Crippen molar-refractivity contribution in [2.24, 2.45) is 0 Å². The zero-order chi connectivity index (χ0) is 20.2. The van der Waals surface area contributed by atoms with Crippen LogP contribution < -0.4 is 10.2 Å². The fourth-order valence-corrected chi connectivity index (χ4v) is 4.27. The highest BCUT2D eigenvalue weighted by molar-refractivity contribution is 7.14. The zero-order valence-electron chi connectivity index (χ0n) is 16.9. The minimum atomic E-state index is -0.00110. The van der Waals surface area contributed by atoms with Gasteiger partial charge < -0.3 is 10.2 Å². The first kappa shape index (κ1) is 19.6. The number of thiazole rings is 1. The van der Waals surface area contributed by atoms with E-state index < -0.39 is 0 Å². The molecule has 150 valence electrons. The predicted octanol–water partition coefficient (Wildman–Crippen LogP) is 4.19. The van der Waals surface area contributed by atoms with E-state index in [4.69, 9.17) is 0 Å². The Labute approximate surface area is 176 Å². The maximum atomic E-state index is 12.5. The van der Waals surface area contributed by atoms with Gasteiger partial charge in [0.25, 0.3) is 0 Å². The van der Waals surface area contributed by atoms with E-state index in [0.717, 1.165) is 37.4 Å². The van der Waals surface area contributed by atoms with Gasteiger partial charge in [0.1, 0.15) is 0 Å². The fraction of sp³-hybridized carbons (Fsp3) is 0.304. The molecule has 6 heteroatoms. The van der Waals surface area contributed by atoms with Gasteiger partial charge in [-0.25, -0.2) is 4.98 Å². The van der Waals surface area contributed by atoms with E-state index in [-0.39, 0.29) is 5.91 Å². The Morgan fingerprint density at radius 1 is 1.03 bits per heavy atom. The summed E-state index contributed by atoms with van der Waals surface area (Å²) in [4.78, 5) is 21.6. The maximum Gasteiger partial charge on any atom is 0.240 e. The fourth-order valence-electron chi connectivity index (χ4n) is 3.54. The second kappa shape index (κ2) is 8.76. The van der Waals surface area contributed by atoms with Crippen molar-refractivity contribution < 1.29 is 4.79 Å². The maximum absolute atomic E-state index is 12.5. The molecule has 0 atom stereocenters. The molecule has 29 heavy (non-hydrogen) atoms. The molecule has 1 aliphatic heterocycles. The van der Waals surface area contributed by atoms with Gasteiger partial charge in [0, 0.05) is 42.8 Å². The molecule has 1 fully saturated rings. The number of hydrogen-bond donors (Lipinski definition) is 1. The molecule has 0 aliphatic carbocycles. The van der Waals surface area contributed by atoms with E-state index in [1.165, 1.54) is 28.2 Å². The Morgan fingerprint density at radius 3 is 2.52 bits per heavy atom. The monoisotopic (exact) mass is 406 g/mol. The molecule has 2 heterocycles. The lowest BCUT2D eigenvalue weighted by atomic mass is 10.1. The molecule has 1 N–H and O–H groups in total. The Balaban J connectivity index is 1.28. The number of carbonyl (C=O) groups is 1. The van der Waals surface area contributed by atoms with Crippen LogP contribution in [0.5, 0.6) is 0 Å². The Kier molecular flexibility index (Phi) is 5.92. The van der Waals surface area contributed by atoms with Crippen LogP contribution in [0.4, 0.5) is 10.8 Å². The van der Waals surface area contributed by atoms with Crippen LogP contribution in [0.15, 0.2) is 53.9 Å². The van der Waals surface area contributed by atoms with Crippen molar-refractivity contribution in [3.05, 3.63) is 65.0 Å². The molecule has 1 amide bonds. The molecule has 0 radical (unpaired) electrons. The molecule has 3 aromatic rings. The number of aryl methyl sites for hydroxylation is 2. The number of nitrogens with zero attached hydrogens (tertiary/aromatic N) is 3. The van der Waals surface area contributed by atoms with Gasteiger partial charge in [-0.05, 0) is 31.5 Å². The number of hydrogen-bond acceptors (Lipinski definition) is 5. The van der Waals surface area contributed by atoms with Crippen LogP contribution in [-0.4, -0.2) is 48.5 Å². The SMILES string of the molecule is Cc1ccc(-c2csc(NC(=O)CN3CCN(c4cccc(C)c4)CC3)n2)cc1. The Morgan fingerprint density at radius 2 is 1.79 bits per heavy atom. The van der Waals surface area contributed by atoms with Crippen molar-refractivity contribution in [1.82, 2.24) is 9.88 Å². The van der Waals surface area contributed by atoms with Gasteiger partial charge in [0.15, 0.2) is 5.13 Å². The molecular formula is C23H26N4OS. The summed E-state index contributed by atoms with van der Waals surface area (Å²) in [6, 6.07) is 16.9. The second-order valence-electron chi connectivity index (χ2n) is 7.55. The molecule has 1 aliphatic rings. The summed E-state index contributed by atoms with van der Waals surface area (Å²) in [5, 5.41) is 5.60. The normalized spacial score (nSPS) is 14.8. The summed E-state index contributed by atoms with van der Waals surface area (Å²) >= 11 is 1.47. The highest BCUT2D eigenvalue weighted by Gasteiger charge is 2.20. The average molecular weight is 407 g/mol. The minimum absolute atomic E-state index is 0.00110. The van der Waals surface area contributed by atoms with E-state index in [1.807, 2.05) is 5.38 Å². The number of rotatable bonds is 5. The molecule has 1 saturated heterocycles. The van der Waals surface area contributed by atoms with E-state index >= 15 is 0 Å². The van der Waals surface area contributed by atoms with Gasteiger partial charge in [-0.3, -0.25) is 9.69 Å². The zero-order valence-corrected chi connectivity index (χ0v) is 17.7. The lowest BCUT2D eigenvalue weighted by Crippen LogP contribution is -2.48. The number of amides is 1.